The van der Waals surface area contributed by atoms with Crippen LogP contribution in [0.1, 0.15) is 12.0 Å². The number of benzene rings is 1. The van der Waals surface area contributed by atoms with Crippen LogP contribution < -0.4 is 16.0 Å². The molecule has 124 valence electrons. The first-order valence-corrected chi connectivity index (χ1v) is 9.86. The topological polar surface area (TPSA) is 75.4 Å². The molecule has 0 saturated carbocycles. The highest BCUT2D eigenvalue weighted by molar-refractivity contribution is 7.91. The lowest BCUT2D eigenvalue weighted by molar-refractivity contribution is 0.586. The second kappa shape index (κ2) is 8.15. The Bertz CT molecular complexity index is 578. The van der Waals surface area contributed by atoms with E-state index < -0.39 is 9.84 Å². The molecular weight excluding hydrogens is 322 g/mol. The minimum atomic E-state index is -2.87. The zero-order chi connectivity index (χ0) is 16.0. The zero-order valence-corrected chi connectivity index (χ0v) is 14.3. The molecule has 0 bridgehead atoms. The van der Waals surface area contributed by atoms with Crippen LogP contribution in [-0.2, 0) is 16.3 Å². The Kier molecular flexibility index (Phi) is 6.50. The molecule has 1 fully saturated rings. The predicted molar refractivity (Wildman–Crippen MR) is 92.6 cm³/mol. The average molecular weight is 346 g/mol. The van der Waals surface area contributed by atoms with Crippen LogP contribution in [0.15, 0.2) is 18.2 Å². The van der Waals surface area contributed by atoms with E-state index in [-0.39, 0.29) is 11.5 Å². The molecule has 1 heterocycles. The fraction of sp³-hybridized carbons (Fsp3) is 0.600. The lowest BCUT2D eigenvalue weighted by Crippen LogP contribution is -2.40. The van der Waals surface area contributed by atoms with Crippen LogP contribution >= 0.6 is 11.6 Å². The Labute approximate surface area is 137 Å². The fourth-order valence-corrected chi connectivity index (χ4v) is 3.99. The molecular formula is C15H24ClN3O2S. The van der Waals surface area contributed by atoms with Crippen molar-refractivity contribution in [3.8, 4) is 0 Å². The van der Waals surface area contributed by atoms with Gasteiger partial charge in [-0.05, 0) is 37.1 Å². The van der Waals surface area contributed by atoms with Crippen LogP contribution in [0.25, 0.3) is 0 Å². The summed E-state index contributed by atoms with van der Waals surface area (Å²) in [6, 6.07) is 5.89. The lowest BCUT2D eigenvalue weighted by Gasteiger charge is -2.30. The van der Waals surface area contributed by atoms with Gasteiger partial charge < -0.3 is 16.0 Å². The third kappa shape index (κ3) is 5.12. The van der Waals surface area contributed by atoms with Gasteiger partial charge in [0.2, 0.25) is 0 Å². The SMILES string of the molecule is NCCNCCCc1ccc(Cl)cc1N1CCS(=O)(=O)CC1. The summed E-state index contributed by atoms with van der Waals surface area (Å²) < 4.78 is 23.2. The molecule has 0 aromatic heterocycles. The van der Waals surface area contributed by atoms with Crippen molar-refractivity contribution >= 4 is 27.1 Å². The maximum Gasteiger partial charge on any atom is 0.153 e. The number of halogens is 1. The molecule has 1 aromatic rings. The number of hydrogen-bond acceptors (Lipinski definition) is 5. The van der Waals surface area contributed by atoms with E-state index in [1.165, 1.54) is 5.56 Å². The third-order valence-electron chi connectivity index (χ3n) is 3.85. The highest BCUT2D eigenvalue weighted by Gasteiger charge is 2.23. The second-order valence-electron chi connectivity index (χ2n) is 5.55. The van der Waals surface area contributed by atoms with E-state index in [1.807, 2.05) is 18.2 Å². The molecule has 3 N–H and O–H groups in total. The smallest absolute Gasteiger partial charge is 0.153 e. The van der Waals surface area contributed by atoms with Crippen molar-refractivity contribution in [1.82, 2.24) is 5.32 Å². The van der Waals surface area contributed by atoms with E-state index in [9.17, 15) is 8.42 Å². The first-order chi connectivity index (χ1) is 10.5. The molecule has 1 aromatic carbocycles. The van der Waals surface area contributed by atoms with Gasteiger partial charge in [0.1, 0.15) is 0 Å². The van der Waals surface area contributed by atoms with E-state index in [0.717, 1.165) is 31.6 Å². The number of nitrogens with one attached hydrogen (secondary N) is 1. The van der Waals surface area contributed by atoms with E-state index in [1.54, 1.807) is 0 Å². The van der Waals surface area contributed by atoms with Crippen LogP contribution in [0.3, 0.4) is 0 Å². The second-order valence-corrected chi connectivity index (χ2v) is 8.29. The van der Waals surface area contributed by atoms with Crippen molar-refractivity contribution in [3.05, 3.63) is 28.8 Å². The normalized spacial score (nSPS) is 17.6. The first-order valence-electron chi connectivity index (χ1n) is 7.66. The molecule has 0 aliphatic carbocycles. The largest absolute Gasteiger partial charge is 0.369 e. The maximum absolute atomic E-state index is 11.6. The predicted octanol–water partition coefficient (Wildman–Crippen LogP) is 1.06. The van der Waals surface area contributed by atoms with Crippen LogP contribution in [0.5, 0.6) is 0 Å². The molecule has 0 atom stereocenters. The van der Waals surface area contributed by atoms with Gasteiger partial charge in [-0.3, -0.25) is 0 Å². The van der Waals surface area contributed by atoms with Crippen molar-refractivity contribution < 1.29 is 8.42 Å². The Morgan fingerprint density at radius 1 is 1.23 bits per heavy atom. The van der Waals surface area contributed by atoms with Gasteiger partial charge in [-0.1, -0.05) is 17.7 Å². The highest BCUT2D eigenvalue weighted by Crippen LogP contribution is 2.27. The van der Waals surface area contributed by atoms with Crippen LogP contribution in [0.4, 0.5) is 5.69 Å². The number of anilines is 1. The molecule has 7 heteroatoms. The van der Waals surface area contributed by atoms with Gasteiger partial charge in [0, 0.05) is 36.9 Å². The van der Waals surface area contributed by atoms with Gasteiger partial charge >= 0.3 is 0 Å². The molecule has 1 aliphatic heterocycles. The van der Waals surface area contributed by atoms with Gasteiger partial charge in [0.15, 0.2) is 9.84 Å². The zero-order valence-electron chi connectivity index (χ0n) is 12.7. The molecule has 0 radical (unpaired) electrons. The van der Waals surface area contributed by atoms with Crippen LogP contribution in [-0.4, -0.2) is 52.6 Å². The Hall–Kier alpha value is -0.820. The van der Waals surface area contributed by atoms with Crippen molar-refractivity contribution in [2.45, 2.75) is 12.8 Å². The maximum atomic E-state index is 11.6. The van der Waals surface area contributed by atoms with Crippen LogP contribution in [0.2, 0.25) is 5.02 Å². The summed E-state index contributed by atoms with van der Waals surface area (Å²) in [4.78, 5) is 2.13. The van der Waals surface area contributed by atoms with Gasteiger partial charge in [0.05, 0.1) is 11.5 Å². The number of nitrogens with two attached hydrogens (primary N) is 1. The average Bonchev–Trinajstić information content (AvgIpc) is 2.48. The fourth-order valence-electron chi connectivity index (χ4n) is 2.63. The standard InChI is InChI=1S/C15H24ClN3O2S/c16-14-4-3-13(2-1-6-18-7-5-17)15(12-14)19-8-10-22(20,21)11-9-19/h3-4,12,18H,1-2,5-11,17H2. The number of nitrogens with zero attached hydrogens (tertiary/aromatic N) is 1. The van der Waals surface area contributed by atoms with Crippen LogP contribution in [0, 0.1) is 0 Å². The van der Waals surface area contributed by atoms with Crippen molar-refractivity contribution in [2.24, 2.45) is 5.73 Å². The quantitative estimate of drug-likeness (QED) is 0.723. The number of rotatable bonds is 7. The van der Waals surface area contributed by atoms with Crippen molar-refractivity contribution in [2.75, 3.05) is 49.1 Å². The minimum Gasteiger partial charge on any atom is -0.369 e. The molecule has 0 spiro atoms. The summed E-state index contributed by atoms with van der Waals surface area (Å²) in [6.45, 7) is 3.49. The van der Waals surface area contributed by atoms with Gasteiger partial charge in [-0.15, -0.1) is 0 Å². The Morgan fingerprint density at radius 3 is 2.64 bits per heavy atom. The summed E-state index contributed by atoms with van der Waals surface area (Å²) in [5, 5.41) is 3.97. The van der Waals surface area contributed by atoms with Gasteiger partial charge in [-0.2, -0.15) is 0 Å². The number of aryl methyl sites for hydroxylation is 1. The molecule has 5 nitrogen and oxygen atoms in total. The van der Waals surface area contributed by atoms with Crippen molar-refractivity contribution in [1.29, 1.82) is 0 Å². The summed E-state index contributed by atoms with van der Waals surface area (Å²) in [5.41, 5.74) is 7.74. The molecule has 1 saturated heterocycles. The monoisotopic (exact) mass is 345 g/mol. The summed E-state index contributed by atoms with van der Waals surface area (Å²) in [5.74, 6) is 0.439. The Morgan fingerprint density at radius 2 is 1.95 bits per heavy atom. The van der Waals surface area contributed by atoms with Crippen molar-refractivity contribution in [3.63, 3.8) is 0 Å². The van der Waals surface area contributed by atoms with Gasteiger partial charge in [-0.25, -0.2) is 8.42 Å². The van der Waals surface area contributed by atoms with E-state index in [0.29, 0.717) is 24.7 Å². The molecule has 1 aliphatic rings. The Balaban J connectivity index is 2.01. The molecule has 0 unspecified atom stereocenters. The highest BCUT2D eigenvalue weighted by atomic mass is 35.5. The van der Waals surface area contributed by atoms with E-state index >= 15 is 0 Å². The lowest BCUT2D eigenvalue weighted by atomic mass is 10.1. The summed E-state index contributed by atoms with van der Waals surface area (Å²) >= 11 is 6.12. The first kappa shape index (κ1) is 17.5. The minimum absolute atomic E-state index is 0.219. The van der Waals surface area contributed by atoms with E-state index in [2.05, 4.69) is 10.2 Å². The molecule has 22 heavy (non-hydrogen) atoms. The summed E-state index contributed by atoms with van der Waals surface area (Å²) in [6.07, 6.45) is 1.95. The van der Waals surface area contributed by atoms with Gasteiger partial charge in [0.25, 0.3) is 0 Å². The third-order valence-corrected chi connectivity index (χ3v) is 5.70. The number of hydrogen-bond donors (Lipinski definition) is 2. The van der Waals surface area contributed by atoms with E-state index in [4.69, 9.17) is 17.3 Å². The molecule has 0 amide bonds. The number of sulfone groups is 1. The molecule has 2 rings (SSSR count). The summed E-state index contributed by atoms with van der Waals surface area (Å²) in [7, 11) is -2.87.